The summed E-state index contributed by atoms with van der Waals surface area (Å²) in [6.07, 6.45) is 0. The average Bonchev–Trinajstić information content (AvgIpc) is 2.88. The molecular weight excluding hydrogens is 557 g/mol. The fourth-order valence-electron chi connectivity index (χ4n) is 3.65. The maximum Gasteiger partial charge on any atom is 0.264 e. The van der Waals surface area contributed by atoms with Crippen LogP contribution in [-0.2, 0) is 26.2 Å². The molecule has 0 bridgehead atoms. The van der Waals surface area contributed by atoms with Crippen molar-refractivity contribution in [3.05, 3.63) is 93.4 Å². The number of nitrogens with zero attached hydrogens (tertiary/aromatic N) is 2. The molecule has 3 aromatic carbocycles. The standard InChI is InChI=1S/C26H26Cl3N3O4S/c1-3-30-26(34)18(2)31(16-19-9-7-10-20(27)15-19)24(33)17-32(23-14-8-13-22(28)25(23)29)37(35,36)21-11-5-4-6-12-21/h4-15,18H,3,16-17H2,1-2H3,(H,30,34)/t18-/m1/s1. The van der Waals surface area contributed by atoms with Crippen molar-refractivity contribution >= 4 is 62.3 Å². The van der Waals surface area contributed by atoms with Crippen molar-refractivity contribution in [2.75, 3.05) is 17.4 Å². The number of hydrogen-bond donors (Lipinski definition) is 1. The maximum absolute atomic E-state index is 13.8. The first-order valence-corrected chi connectivity index (χ1v) is 14.0. The van der Waals surface area contributed by atoms with Gasteiger partial charge in [-0.15, -0.1) is 0 Å². The van der Waals surface area contributed by atoms with E-state index in [2.05, 4.69) is 5.32 Å². The molecular formula is C26H26Cl3N3O4S. The van der Waals surface area contributed by atoms with Gasteiger partial charge >= 0.3 is 0 Å². The number of rotatable bonds is 10. The Bertz CT molecular complexity index is 1370. The van der Waals surface area contributed by atoms with E-state index in [4.69, 9.17) is 34.8 Å². The third-order valence-electron chi connectivity index (χ3n) is 5.57. The zero-order valence-corrected chi connectivity index (χ0v) is 23.3. The molecule has 1 N–H and O–H groups in total. The lowest BCUT2D eigenvalue weighted by Gasteiger charge is -2.32. The molecule has 37 heavy (non-hydrogen) atoms. The molecule has 0 heterocycles. The number of carbonyl (C=O) groups is 2. The highest BCUT2D eigenvalue weighted by Gasteiger charge is 2.33. The van der Waals surface area contributed by atoms with Gasteiger partial charge in [0.1, 0.15) is 12.6 Å². The lowest BCUT2D eigenvalue weighted by atomic mass is 10.1. The Labute approximate surface area is 232 Å². The molecule has 0 saturated heterocycles. The Balaban J connectivity index is 2.07. The summed E-state index contributed by atoms with van der Waals surface area (Å²) in [5, 5.41) is 3.29. The second kappa shape index (κ2) is 12.6. The predicted molar refractivity (Wildman–Crippen MR) is 148 cm³/mol. The van der Waals surface area contributed by atoms with Crippen LogP contribution in [0.3, 0.4) is 0 Å². The van der Waals surface area contributed by atoms with Crippen molar-refractivity contribution in [2.24, 2.45) is 0 Å². The quantitative estimate of drug-likeness (QED) is 0.347. The minimum Gasteiger partial charge on any atom is -0.355 e. The molecule has 11 heteroatoms. The van der Waals surface area contributed by atoms with Crippen LogP contribution in [0, 0.1) is 0 Å². The van der Waals surface area contributed by atoms with Gasteiger partial charge in [0.2, 0.25) is 11.8 Å². The van der Waals surface area contributed by atoms with E-state index in [-0.39, 0.29) is 33.1 Å². The lowest BCUT2D eigenvalue weighted by Crippen LogP contribution is -2.51. The van der Waals surface area contributed by atoms with Crippen molar-refractivity contribution in [3.63, 3.8) is 0 Å². The zero-order valence-electron chi connectivity index (χ0n) is 20.2. The maximum atomic E-state index is 13.8. The normalized spacial score (nSPS) is 12.0. The summed E-state index contributed by atoms with van der Waals surface area (Å²) in [6, 6.07) is 18.2. The number of anilines is 1. The zero-order chi connectivity index (χ0) is 27.2. The Kier molecular flexibility index (Phi) is 9.84. The average molecular weight is 583 g/mol. The van der Waals surface area contributed by atoms with Crippen LogP contribution in [0.1, 0.15) is 19.4 Å². The van der Waals surface area contributed by atoms with Crippen molar-refractivity contribution in [1.82, 2.24) is 10.2 Å². The Morgan fingerprint density at radius 2 is 1.62 bits per heavy atom. The highest BCUT2D eigenvalue weighted by Crippen LogP contribution is 2.35. The fraction of sp³-hybridized carbons (Fsp3) is 0.231. The van der Waals surface area contributed by atoms with Crippen LogP contribution in [0.4, 0.5) is 5.69 Å². The van der Waals surface area contributed by atoms with Gasteiger partial charge in [0.05, 0.1) is 20.6 Å². The summed E-state index contributed by atoms with van der Waals surface area (Å²) in [4.78, 5) is 27.8. The second-order valence-electron chi connectivity index (χ2n) is 8.12. The van der Waals surface area contributed by atoms with Crippen molar-refractivity contribution in [3.8, 4) is 0 Å². The molecule has 7 nitrogen and oxygen atoms in total. The number of amides is 2. The number of benzene rings is 3. The number of carbonyl (C=O) groups excluding carboxylic acids is 2. The number of nitrogens with one attached hydrogen (secondary N) is 1. The van der Waals surface area contributed by atoms with Gasteiger partial charge < -0.3 is 10.2 Å². The molecule has 0 aromatic heterocycles. The SMILES string of the molecule is CCNC(=O)[C@@H](C)N(Cc1cccc(Cl)c1)C(=O)CN(c1cccc(Cl)c1Cl)S(=O)(=O)c1ccccc1. The predicted octanol–water partition coefficient (Wildman–Crippen LogP) is 5.40. The van der Waals surface area contributed by atoms with Gasteiger partial charge in [-0.1, -0.05) is 71.2 Å². The topological polar surface area (TPSA) is 86.8 Å². The molecule has 0 aliphatic rings. The first kappa shape index (κ1) is 28.8. The minimum atomic E-state index is -4.24. The minimum absolute atomic E-state index is 0.0189. The summed E-state index contributed by atoms with van der Waals surface area (Å²) in [5.41, 5.74) is 0.718. The van der Waals surface area contributed by atoms with Gasteiger partial charge in [-0.05, 0) is 55.8 Å². The number of hydrogen-bond acceptors (Lipinski definition) is 4. The molecule has 1 atom stereocenters. The third-order valence-corrected chi connectivity index (χ3v) is 8.39. The van der Waals surface area contributed by atoms with Crippen LogP contribution >= 0.6 is 34.8 Å². The molecule has 0 fully saturated rings. The Morgan fingerprint density at radius 1 is 0.946 bits per heavy atom. The Morgan fingerprint density at radius 3 is 2.27 bits per heavy atom. The van der Waals surface area contributed by atoms with Gasteiger partial charge in [-0.2, -0.15) is 0 Å². The first-order valence-electron chi connectivity index (χ1n) is 11.4. The molecule has 0 spiro atoms. The summed E-state index contributed by atoms with van der Waals surface area (Å²) in [7, 11) is -4.24. The first-order chi connectivity index (χ1) is 17.6. The van der Waals surface area contributed by atoms with Crippen molar-refractivity contribution in [1.29, 1.82) is 0 Å². The highest BCUT2D eigenvalue weighted by atomic mass is 35.5. The Hall–Kier alpha value is -2.78. The van der Waals surface area contributed by atoms with E-state index in [9.17, 15) is 18.0 Å². The third kappa shape index (κ3) is 6.96. The molecule has 0 saturated carbocycles. The van der Waals surface area contributed by atoms with E-state index in [1.54, 1.807) is 62.4 Å². The molecule has 0 aliphatic heterocycles. The number of sulfonamides is 1. The summed E-state index contributed by atoms with van der Waals surface area (Å²) >= 11 is 18.7. The van der Waals surface area contributed by atoms with Crippen molar-refractivity contribution < 1.29 is 18.0 Å². The van der Waals surface area contributed by atoms with Gasteiger partial charge in [0.15, 0.2) is 0 Å². The van der Waals surface area contributed by atoms with Crippen LogP contribution < -0.4 is 9.62 Å². The van der Waals surface area contributed by atoms with Crippen molar-refractivity contribution in [2.45, 2.75) is 31.3 Å². The molecule has 0 unspecified atom stereocenters. The molecule has 2 amide bonds. The van der Waals surface area contributed by atoms with Crippen LogP contribution in [0.25, 0.3) is 0 Å². The van der Waals surface area contributed by atoms with Crippen LogP contribution in [0.5, 0.6) is 0 Å². The molecule has 196 valence electrons. The molecule has 3 aromatic rings. The fourth-order valence-corrected chi connectivity index (χ4v) is 5.76. The molecule has 0 radical (unpaired) electrons. The van der Waals surface area contributed by atoms with E-state index in [0.717, 1.165) is 4.31 Å². The van der Waals surface area contributed by atoms with Crippen LogP contribution in [0.15, 0.2) is 77.7 Å². The van der Waals surface area contributed by atoms with E-state index in [1.807, 2.05) is 0 Å². The lowest BCUT2D eigenvalue weighted by molar-refractivity contribution is -0.139. The van der Waals surface area contributed by atoms with E-state index < -0.39 is 28.5 Å². The summed E-state index contributed by atoms with van der Waals surface area (Å²) in [5.74, 6) is -0.995. The van der Waals surface area contributed by atoms with Crippen LogP contribution in [0.2, 0.25) is 15.1 Å². The summed E-state index contributed by atoms with van der Waals surface area (Å²) in [6.45, 7) is 3.12. The van der Waals surface area contributed by atoms with E-state index in [1.165, 1.54) is 29.2 Å². The van der Waals surface area contributed by atoms with Gasteiger partial charge in [-0.3, -0.25) is 13.9 Å². The number of halogens is 3. The van der Waals surface area contributed by atoms with Gasteiger partial charge in [-0.25, -0.2) is 8.42 Å². The summed E-state index contributed by atoms with van der Waals surface area (Å²) < 4.78 is 28.4. The highest BCUT2D eigenvalue weighted by molar-refractivity contribution is 7.92. The number of likely N-dealkylation sites (N-methyl/N-ethyl adjacent to an activating group) is 1. The van der Waals surface area contributed by atoms with Gasteiger partial charge in [0.25, 0.3) is 10.0 Å². The van der Waals surface area contributed by atoms with E-state index >= 15 is 0 Å². The van der Waals surface area contributed by atoms with Crippen LogP contribution in [-0.4, -0.2) is 44.3 Å². The smallest absolute Gasteiger partial charge is 0.264 e. The van der Waals surface area contributed by atoms with Gasteiger partial charge in [0, 0.05) is 18.1 Å². The monoisotopic (exact) mass is 581 g/mol. The van der Waals surface area contributed by atoms with E-state index in [0.29, 0.717) is 17.1 Å². The molecule has 3 rings (SSSR count). The molecule has 0 aliphatic carbocycles. The largest absolute Gasteiger partial charge is 0.355 e. The second-order valence-corrected chi connectivity index (χ2v) is 11.2.